The molecule has 1 saturated heterocycles. The van der Waals surface area contributed by atoms with Crippen molar-refractivity contribution in [1.82, 2.24) is 4.90 Å². The third kappa shape index (κ3) is 6.57. The number of hydrogen-bond acceptors (Lipinski definition) is 2. The number of rotatable bonds is 7. The van der Waals surface area contributed by atoms with E-state index in [0.29, 0.717) is 11.8 Å². The van der Waals surface area contributed by atoms with Gasteiger partial charge in [-0.25, -0.2) is 0 Å². The number of nitrogens with two attached hydrogens (primary N) is 1. The van der Waals surface area contributed by atoms with Gasteiger partial charge in [0.15, 0.2) is 0 Å². The quantitative estimate of drug-likeness (QED) is 0.446. The molecule has 4 heteroatoms. The Hall–Kier alpha value is -1.84. The molecule has 1 atom stereocenters. The molecule has 0 saturated carbocycles. The van der Waals surface area contributed by atoms with Crippen LogP contribution in [0.5, 0.6) is 0 Å². The van der Waals surface area contributed by atoms with E-state index >= 15 is 0 Å². The Balaban J connectivity index is 0.00000171. The highest BCUT2D eigenvalue weighted by Crippen LogP contribution is 2.38. The van der Waals surface area contributed by atoms with E-state index in [9.17, 15) is 0 Å². The van der Waals surface area contributed by atoms with Gasteiger partial charge >= 0.3 is 0 Å². The van der Waals surface area contributed by atoms with Crippen LogP contribution in [0, 0.1) is 5.92 Å². The highest BCUT2D eigenvalue weighted by atomic mass is 35.5. The molecular weight excluding hydrogens is 423 g/mol. The first-order chi connectivity index (χ1) is 14.3. The van der Waals surface area contributed by atoms with E-state index in [1.807, 2.05) is 0 Å². The summed E-state index contributed by atoms with van der Waals surface area (Å²) in [4.78, 5) is 2.59. The Morgan fingerprint density at radius 1 is 0.710 bits per heavy atom. The fourth-order valence-corrected chi connectivity index (χ4v) is 4.74. The first-order valence-electron chi connectivity index (χ1n) is 11.0. The minimum Gasteiger partial charge on any atom is -0.330 e. The fourth-order valence-electron chi connectivity index (χ4n) is 4.74. The van der Waals surface area contributed by atoms with Crippen LogP contribution in [0.25, 0.3) is 11.1 Å². The zero-order valence-electron chi connectivity index (χ0n) is 18.0. The number of benzene rings is 3. The SMILES string of the molecule is Cl.Cl.NCCCN1CCC(C(c2ccccc2)c2ccc(-c3ccccc3)cc2)CC1. The largest absolute Gasteiger partial charge is 0.330 e. The van der Waals surface area contributed by atoms with Crippen molar-refractivity contribution in [2.45, 2.75) is 25.2 Å². The van der Waals surface area contributed by atoms with E-state index < -0.39 is 0 Å². The fraction of sp³-hybridized carbons (Fsp3) is 0.333. The van der Waals surface area contributed by atoms with Crippen molar-refractivity contribution in [2.75, 3.05) is 26.2 Å². The van der Waals surface area contributed by atoms with Crippen LogP contribution in [0.4, 0.5) is 0 Å². The monoisotopic (exact) mass is 456 g/mol. The van der Waals surface area contributed by atoms with Crippen molar-refractivity contribution in [3.8, 4) is 11.1 Å². The van der Waals surface area contributed by atoms with Crippen LogP contribution in [0.2, 0.25) is 0 Å². The summed E-state index contributed by atoms with van der Waals surface area (Å²) >= 11 is 0. The van der Waals surface area contributed by atoms with Gasteiger partial charge in [-0.2, -0.15) is 0 Å². The first-order valence-corrected chi connectivity index (χ1v) is 11.0. The van der Waals surface area contributed by atoms with E-state index in [4.69, 9.17) is 5.73 Å². The molecule has 1 aliphatic rings. The van der Waals surface area contributed by atoms with Crippen molar-refractivity contribution in [3.05, 3.63) is 96.1 Å². The molecule has 0 radical (unpaired) electrons. The van der Waals surface area contributed by atoms with Gasteiger partial charge < -0.3 is 10.6 Å². The molecule has 3 aromatic rings. The number of hydrogen-bond donors (Lipinski definition) is 1. The zero-order valence-corrected chi connectivity index (χ0v) is 19.7. The van der Waals surface area contributed by atoms with Crippen LogP contribution in [0.15, 0.2) is 84.9 Å². The van der Waals surface area contributed by atoms with E-state index in [0.717, 1.165) is 19.5 Å². The van der Waals surface area contributed by atoms with E-state index in [2.05, 4.69) is 89.8 Å². The molecule has 1 heterocycles. The molecule has 166 valence electrons. The van der Waals surface area contributed by atoms with Crippen molar-refractivity contribution >= 4 is 24.8 Å². The summed E-state index contributed by atoms with van der Waals surface area (Å²) in [5, 5.41) is 0. The lowest BCUT2D eigenvalue weighted by molar-refractivity contribution is 0.174. The van der Waals surface area contributed by atoms with Crippen LogP contribution in [0.1, 0.15) is 36.3 Å². The standard InChI is InChI=1S/C27H32N2.2ClH/c28-18-7-19-29-20-16-26(17-21-29)27(24-10-5-2-6-11-24)25-14-12-23(13-15-25)22-8-3-1-4-9-22;;/h1-6,8-15,26-27H,7,16-21,28H2;2*1H. The average molecular weight is 457 g/mol. The molecule has 4 rings (SSSR count). The van der Waals surface area contributed by atoms with Crippen LogP contribution in [0.3, 0.4) is 0 Å². The van der Waals surface area contributed by atoms with Gasteiger partial charge in [-0.3, -0.25) is 0 Å². The molecule has 0 aliphatic carbocycles. The summed E-state index contributed by atoms with van der Waals surface area (Å²) in [5.74, 6) is 1.16. The minimum absolute atomic E-state index is 0. The van der Waals surface area contributed by atoms with Crippen molar-refractivity contribution < 1.29 is 0 Å². The van der Waals surface area contributed by atoms with Crippen LogP contribution < -0.4 is 5.73 Å². The summed E-state index contributed by atoms with van der Waals surface area (Å²) in [6, 6.07) is 31.0. The van der Waals surface area contributed by atoms with Crippen molar-refractivity contribution in [3.63, 3.8) is 0 Å². The molecule has 31 heavy (non-hydrogen) atoms. The normalized spacial score (nSPS) is 15.5. The molecule has 3 aromatic carbocycles. The molecule has 1 aliphatic heterocycles. The maximum absolute atomic E-state index is 5.70. The van der Waals surface area contributed by atoms with Gasteiger partial charge in [-0.1, -0.05) is 84.9 Å². The highest BCUT2D eigenvalue weighted by Gasteiger charge is 2.28. The lowest BCUT2D eigenvalue weighted by atomic mass is 9.76. The second-order valence-corrected chi connectivity index (χ2v) is 8.20. The number of nitrogens with zero attached hydrogens (tertiary/aromatic N) is 1. The summed E-state index contributed by atoms with van der Waals surface area (Å²) < 4.78 is 0. The third-order valence-electron chi connectivity index (χ3n) is 6.32. The molecule has 0 spiro atoms. The summed E-state index contributed by atoms with van der Waals surface area (Å²) in [6.45, 7) is 4.32. The van der Waals surface area contributed by atoms with Crippen molar-refractivity contribution in [2.24, 2.45) is 11.7 Å². The Bertz CT molecular complexity index is 861. The van der Waals surface area contributed by atoms with Gasteiger partial charge in [0.1, 0.15) is 0 Å². The third-order valence-corrected chi connectivity index (χ3v) is 6.32. The van der Waals surface area contributed by atoms with Gasteiger partial charge in [0.05, 0.1) is 0 Å². The first kappa shape index (κ1) is 25.4. The van der Waals surface area contributed by atoms with Gasteiger partial charge in [0.25, 0.3) is 0 Å². The van der Waals surface area contributed by atoms with E-state index in [-0.39, 0.29) is 24.8 Å². The molecule has 1 fully saturated rings. The predicted octanol–water partition coefficient (Wildman–Crippen LogP) is 6.39. The highest BCUT2D eigenvalue weighted by molar-refractivity contribution is 5.85. The molecule has 0 aromatic heterocycles. The second-order valence-electron chi connectivity index (χ2n) is 8.20. The lowest BCUT2D eigenvalue weighted by Gasteiger charge is -2.36. The second kappa shape index (κ2) is 12.9. The molecule has 2 nitrogen and oxygen atoms in total. The molecule has 0 amide bonds. The Labute approximate surface area is 199 Å². The van der Waals surface area contributed by atoms with E-state index in [1.54, 1.807) is 0 Å². The van der Waals surface area contributed by atoms with E-state index in [1.165, 1.54) is 48.2 Å². The van der Waals surface area contributed by atoms with Gasteiger partial charge in [-0.15, -0.1) is 24.8 Å². The van der Waals surface area contributed by atoms with Gasteiger partial charge in [0, 0.05) is 5.92 Å². The van der Waals surface area contributed by atoms with Gasteiger partial charge in [0.2, 0.25) is 0 Å². The number of likely N-dealkylation sites (tertiary alicyclic amines) is 1. The summed E-state index contributed by atoms with van der Waals surface area (Å²) in [5.41, 5.74) is 11.2. The van der Waals surface area contributed by atoms with Gasteiger partial charge in [-0.05, 0) is 73.6 Å². The predicted molar refractivity (Wildman–Crippen MR) is 137 cm³/mol. The van der Waals surface area contributed by atoms with Crippen LogP contribution >= 0.6 is 24.8 Å². The summed E-state index contributed by atoms with van der Waals surface area (Å²) in [7, 11) is 0. The molecular formula is C27H34Cl2N2. The maximum Gasteiger partial charge on any atom is 0.0119 e. The Morgan fingerprint density at radius 2 is 1.23 bits per heavy atom. The zero-order chi connectivity index (χ0) is 19.9. The minimum atomic E-state index is 0. The van der Waals surface area contributed by atoms with Crippen LogP contribution in [-0.4, -0.2) is 31.1 Å². The van der Waals surface area contributed by atoms with Crippen LogP contribution in [-0.2, 0) is 0 Å². The molecule has 0 bridgehead atoms. The Morgan fingerprint density at radius 3 is 1.81 bits per heavy atom. The number of piperidine rings is 1. The number of halogens is 2. The average Bonchev–Trinajstić information content (AvgIpc) is 2.80. The smallest absolute Gasteiger partial charge is 0.0119 e. The lowest BCUT2D eigenvalue weighted by Crippen LogP contribution is -2.37. The molecule has 1 unspecified atom stereocenters. The summed E-state index contributed by atoms with van der Waals surface area (Å²) in [6.07, 6.45) is 3.61. The maximum atomic E-state index is 5.70. The Kier molecular flexibility index (Phi) is 10.6. The topological polar surface area (TPSA) is 29.3 Å². The van der Waals surface area contributed by atoms with Crippen molar-refractivity contribution in [1.29, 1.82) is 0 Å². The molecule has 2 N–H and O–H groups in total.